The van der Waals surface area contributed by atoms with E-state index >= 15 is 0 Å². The van der Waals surface area contributed by atoms with Crippen LogP contribution in [0.4, 0.5) is 0 Å². The summed E-state index contributed by atoms with van der Waals surface area (Å²) in [4.78, 5) is 9.60. The Kier molecular flexibility index (Phi) is 3.25. The monoisotopic (exact) mass is 182 g/mol. The average Bonchev–Trinajstić information content (AvgIpc) is 2.83. The molecule has 0 saturated carbocycles. The second kappa shape index (κ2) is 4.23. The Morgan fingerprint density at radius 2 is 2.31 bits per heavy atom. The smallest absolute Gasteiger partial charge is 0.330 e. The predicted octanol–water partition coefficient (Wildman–Crippen LogP) is 1.75. The number of epoxide rings is 1. The van der Waals surface area contributed by atoms with Gasteiger partial charge < -0.3 is 9.84 Å². The van der Waals surface area contributed by atoms with Crippen LogP contribution in [0.25, 0.3) is 0 Å². The van der Waals surface area contributed by atoms with Crippen LogP contribution in [0.15, 0.2) is 24.3 Å². The van der Waals surface area contributed by atoms with Crippen molar-refractivity contribution in [3.05, 3.63) is 24.3 Å². The van der Waals surface area contributed by atoms with E-state index in [1.165, 1.54) is 19.8 Å². The van der Waals surface area contributed by atoms with Gasteiger partial charge in [0.1, 0.15) is 6.10 Å². The van der Waals surface area contributed by atoms with Gasteiger partial charge >= 0.3 is 5.97 Å². The van der Waals surface area contributed by atoms with E-state index in [2.05, 4.69) is 18.7 Å². The maximum atomic E-state index is 9.60. The van der Waals surface area contributed by atoms with Gasteiger partial charge in [0.25, 0.3) is 0 Å². The number of allylic oxidation sites excluding steroid dienone is 1. The highest BCUT2D eigenvalue weighted by Gasteiger charge is 2.37. The van der Waals surface area contributed by atoms with E-state index in [4.69, 9.17) is 9.84 Å². The van der Waals surface area contributed by atoms with Crippen LogP contribution < -0.4 is 0 Å². The maximum absolute atomic E-state index is 9.60. The Balaban J connectivity index is 0.000000133. The van der Waals surface area contributed by atoms with E-state index in [0.29, 0.717) is 12.2 Å². The van der Waals surface area contributed by atoms with Gasteiger partial charge in [-0.2, -0.15) is 0 Å². The van der Waals surface area contributed by atoms with Gasteiger partial charge in [-0.1, -0.05) is 18.7 Å². The molecule has 0 aromatic carbocycles. The lowest BCUT2D eigenvalue weighted by Crippen LogP contribution is -1.93. The zero-order valence-electron chi connectivity index (χ0n) is 7.69. The standard InChI is InChI=1S/C6H8O.C4H6O2/c1-2-4-6-5(3-1)7-6;1-3(2)4(5)6/h1,3,5-6H,2,4H2;1H2,2H3,(H,5,6). The first kappa shape index (κ1) is 9.99. The number of carboxylic acids is 1. The van der Waals surface area contributed by atoms with Crippen molar-refractivity contribution in [3.8, 4) is 0 Å². The zero-order valence-corrected chi connectivity index (χ0v) is 7.69. The lowest BCUT2D eigenvalue weighted by Gasteiger charge is -1.91. The summed E-state index contributed by atoms with van der Waals surface area (Å²) < 4.78 is 5.19. The fraction of sp³-hybridized carbons (Fsp3) is 0.500. The van der Waals surface area contributed by atoms with Crippen molar-refractivity contribution in [1.82, 2.24) is 0 Å². The Labute approximate surface area is 77.7 Å². The first-order valence-corrected chi connectivity index (χ1v) is 4.32. The van der Waals surface area contributed by atoms with Crippen LogP contribution in [0.3, 0.4) is 0 Å². The SMILES string of the molecule is C1=CC2OC2CC1.C=C(C)C(=O)O. The molecule has 1 saturated heterocycles. The largest absolute Gasteiger partial charge is 0.478 e. The third-order valence-corrected chi connectivity index (χ3v) is 1.93. The maximum Gasteiger partial charge on any atom is 0.330 e. The molecule has 2 atom stereocenters. The highest BCUT2D eigenvalue weighted by atomic mass is 16.6. The summed E-state index contributed by atoms with van der Waals surface area (Å²) in [5.74, 6) is -0.935. The first-order valence-electron chi connectivity index (χ1n) is 4.32. The molecule has 0 amide bonds. The molecule has 1 fully saturated rings. The molecule has 1 aliphatic carbocycles. The molecule has 0 spiro atoms. The molecule has 3 nitrogen and oxygen atoms in total. The molecule has 1 N–H and O–H groups in total. The van der Waals surface area contributed by atoms with Gasteiger partial charge in [-0.3, -0.25) is 0 Å². The number of fused-ring (bicyclic) bond motifs is 1. The highest BCUT2D eigenvalue weighted by Crippen LogP contribution is 2.31. The molecule has 0 bridgehead atoms. The topological polar surface area (TPSA) is 49.8 Å². The lowest BCUT2D eigenvalue weighted by atomic mass is 10.1. The second-order valence-electron chi connectivity index (χ2n) is 3.23. The van der Waals surface area contributed by atoms with Crippen molar-refractivity contribution in [1.29, 1.82) is 0 Å². The van der Waals surface area contributed by atoms with Gasteiger partial charge in [-0.15, -0.1) is 0 Å². The minimum atomic E-state index is -0.935. The number of aliphatic carboxylic acids is 1. The van der Waals surface area contributed by atoms with Crippen molar-refractivity contribution in [2.75, 3.05) is 0 Å². The third-order valence-electron chi connectivity index (χ3n) is 1.93. The molecule has 2 aliphatic rings. The molecule has 0 aromatic rings. The minimum absolute atomic E-state index is 0.176. The van der Waals surface area contributed by atoms with Crippen LogP contribution in [-0.2, 0) is 9.53 Å². The van der Waals surface area contributed by atoms with Crippen LogP contribution in [0.5, 0.6) is 0 Å². The van der Waals surface area contributed by atoms with Gasteiger partial charge in [-0.25, -0.2) is 4.79 Å². The molecule has 72 valence electrons. The Morgan fingerprint density at radius 3 is 2.62 bits per heavy atom. The van der Waals surface area contributed by atoms with E-state index in [-0.39, 0.29) is 5.57 Å². The van der Waals surface area contributed by atoms with E-state index in [9.17, 15) is 4.79 Å². The van der Waals surface area contributed by atoms with E-state index < -0.39 is 5.97 Å². The summed E-state index contributed by atoms with van der Waals surface area (Å²) in [6.45, 7) is 4.60. The number of ether oxygens (including phenoxy) is 1. The van der Waals surface area contributed by atoms with E-state index in [0.717, 1.165) is 0 Å². The lowest BCUT2D eigenvalue weighted by molar-refractivity contribution is -0.132. The molecule has 1 aliphatic heterocycles. The summed E-state index contributed by atoms with van der Waals surface area (Å²) in [5, 5.41) is 7.89. The molecule has 13 heavy (non-hydrogen) atoms. The van der Waals surface area contributed by atoms with Gasteiger partial charge in [0.15, 0.2) is 0 Å². The minimum Gasteiger partial charge on any atom is -0.478 e. The highest BCUT2D eigenvalue weighted by molar-refractivity contribution is 5.84. The van der Waals surface area contributed by atoms with Crippen LogP contribution in [0.2, 0.25) is 0 Å². The number of hydrogen-bond acceptors (Lipinski definition) is 2. The fourth-order valence-electron chi connectivity index (χ4n) is 1.05. The van der Waals surface area contributed by atoms with Crippen molar-refractivity contribution in [2.45, 2.75) is 32.0 Å². The quantitative estimate of drug-likeness (QED) is 0.382. The van der Waals surface area contributed by atoms with Crippen molar-refractivity contribution < 1.29 is 14.6 Å². The zero-order chi connectivity index (χ0) is 9.84. The third kappa shape index (κ3) is 3.42. The van der Waals surface area contributed by atoms with Gasteiger partial charge in [-0.05, 0) is 19.8 Å². The molecular weight excluding hydrogens is 168 g/mol. The molecule has 2 rings (SSSR count). The fourth-order valence-corrected chi connectivity index (χ4v) is 1.05. The Hall–Kier alpha value is -1.09. The average molecular weight is 182 g/mol. The number of hydrogen-bond donors (Lipinski definition) is 1. The molecular formula is C10H14O3. The summed E-state index contributed by atoms with van der Waals surface area (Å²) in [5.41, 5.74) is 0.176. The molecule has 1 heterocycles. The Morgan fingerprint density at radius 1 is 1.69 bits per heavy atom. The molecule has 0 radical (unpaired) electrons. The summed E-state index contributed by atoms with van der Waals surface area (Å²) in [6.07, 6.45) is 7.98. The van der Waals surface area contributed by atoms with Crippen molar-refractivity contribution >= 4 is 5.97 Å². The van der Waals surface area contributed by atoms with Crippen LogP contribution >= 0.6 is 0 Å². The molecule has 3 heteroatoms. The van der Waals surface area contributed by atoms with Crippen LogP contribution in [0, 0.1) is 0 Å². The van der Waals surface area contributed by atoms with Crippen LogP contribution in [-0.4, -0.2) is 23.3 Å². The summed E-state index contributed by atoms with van der Waals surface area (Å²) >= 11 is 0. The van der Waals surface area contributed by atoms with E-state index in [1.54, 1.807) is 0 Å². The van der Waals surface area contributed by atoms with E-state index in [1.807, 2.05) is 0 Å². The summed E-state index contributed by atoms with van der Waals surface area (Å²) in [6, 6.07) is 0. The first-order chi connectivity index (χ1) is 6.11. The Bertz CT molecular complexity index is 231. The number of carboxylic acid groups (broad SMARTS) is 1. The van der Waals surface area contributed by atoms with Crippen LogP contribution in [0.1, 0.15) is 19.8 Å². The van der Waals surface area contributed by atoms with Gasteiger partial charge in [0, 0.05) is 5.57 Å². The molecule has 0 aromatic heterocycles. The normalized spacial score (nSPS) is 28.1. The van der Waals surface area contributed by atoms with Crippen molar-refractivity contribution in [3.63, 3.8) is 0 Å². The predicted molar refractivity (Wildman–Crippen MR) is 49.5 cm³/mol. The number of carbonyl (C=O) groups is 1. The van der Waals surface area contributed by atoms with Crippen molar-refractivity contribution in [2.24, 2.45) is 0 Å². The number of rotatable bonds is 1. The molecule has 2 unspecified atom stereocenters. The van der Waals surface area contributed by atoms with Gasteiger partial charge in [0.05, 0.1) is 6.10 Å². The second-order valence-corrected chi connectivity index (χ2v) is 3.23. The summed E-state index contributed by atoms with van der Waals surface area (Å²) in [7, 11) is 0. The van der Waals surface area contributed by atoms with Gasteiger partial charge in [0.2, 0.25) is 0 Å².